The number of nitrogens with one attached hydrogen (secondary N) is 1. The summed E-state index contributed by atoms with van der Waals surface area (Å²) in [5.41, 5.74) is 3.02. The van der Waals surface area contributed by atoms with E-state index in [1.54, 1.807) is 4.90 Å². The highest BCUT2D eigenvalue weighted by atomic mass is 19.2. The number of aliphatic carboxylic acids is 1. The van der Waals surface area contributed by atoms with Gasteiger partial charge in [-0.1, -0.05) is 30.3 Å². The summed E-state index contributed by atoms with van der Waals surface area (Å²) < 4.78 is 32.2. The van der Waals surface area contributed by atoms with Crippen molar-refractivity contribution >= 4 is 17.4 Å². The van der Waals surface area contributed by atoms with Gasteiger partial charge in [0.2, 0.25) is 11.7 Å². The van der Waals surface area contributed by atoms with Crippen LogP contribution in [0.4, 0.5) is 8.78 Å². The molecular weight excluding hydrogens is 430 g/mol. The molecule has 1 fully saturated rings. The number of rotatable bonds is 7. The molecule has 4 rings (SSSR count). The maximum absolute atomic E-state index is 13.6. The molecule has 0 saturated carbocycles. The predicted octanol–water partition coefficient (Wildman–Crippen LogP) is 3.41. The number of carboxylic acids is 1. The minimum atomic E-state index is -0.984. The molecule has 2 aromatic rings. The predicted molar refractivity (Wildman–Crippen MR) is 119 cm³/mol. The third kappa shape index (κ3) is 5.06. The minimum Gasteiger partial charge on any atom is -0.490 e. The van der Waals surface area contributed by atoms with Crippen molar-refractivity contribution in [2.75, 3.05) is 19.7 Å². The van der Waals surface area contributed by atoms with Gasteiger partial charge in [-0.3, -0.25) is 4.79 Å². The first-order valence-corrected chi connectivity index (χ1v) is 11.0. The van der Waals surface area contributed by atoms with Crippen LogP contribution >= 0.6 is 0 Å². The van der Waals surface area contributed by atoms with E-state index in [0.29, 0.717) is 37.9 Å². The maximum atomic E-state index is 13.6. The molecule has 2 atom stereocenters. The van der Waals surface area contributed by atoms with Gasteiger partial charge in [-0.15, -0.1) is 0 Å². The maximum Gasteiger partial charge on any atom is 0.333 e. The van der Waals surface area contributed by atoms with Crippen molar-refractivity contribution < 1.29 is 28.2 Å². The lowest BCUT2D eigenvalue weighted by Gasteiger charge is -2.43. The molecule has 2 unspecified atom stereocenters. The van der Waals surface area contributed by atoms with Gasteiger partial charge >= 0.3 is 5.97 Å². The Morgan fingerprint density at radius 2 is 1.91 bits per heavy atom. The van der Waals surface area contributed by atoms with E-state index in [4.69, 9.17) is 4.74 Å². The molecule has 2 heterocycles. The van der Waals surface area contributed by atoms with Gasteiger partial charge in [0, 0.05) is 26.1 Å². The molecule has 0 radical (unpaired) electrons. The van der Waals surface area contributed by atoms with Crippen LogP contribution in [0.1, 0.15) is 30.9 Å². The average Bonchev–Trinajstić information content (AvgIpc) is 2.78. The second kappa shape index (κ2) is 9.70. The SMILES string of the molecule is CC(=O)N1CC2CC(c3ccc(CCCOc4cccc(F)c4F)cc3)=C(C(=O)O)C(C1)N2. The summed E-state index contributed by atoms with van der Waals surface area (Å²) in [5.74, 6) is -3.04. The quantitative estimate of drug-likeness (QED) is 0.625. The van der Waals surface area contributed by atoms with Crippen LogP contribution in [0, 0.1) is 11.6 Å². The van der Waals surface area contributed by atoms with Crippen molar-refractivity contribution in [2.24, 2.45) is 0 Å². The van der Waals surface area contributed by atoms with Crippen LogP contribution in [-0.4, -0.2) is 53.7 Å². The molecule has 2 aliphatic heterocycles. The number of ether oxygens (including phenoxy) is 1. The highest BCUT2D eigenvalue weighted by Crippen LogP contribution is 2.33. The number of piperazine rings is 1. The molecule has 2 bridgehead atoms. The zero-order valence-corrected chi connectivity index (χ0v) is 18.3. The number of amides is 1. The molecule has 2 aromatic carbocycles. The summed E-state index contributed by atoms with van der Waals surface area (Å²) in [4.78, 5) is 25.6. The minimum absolute atomic E-state index is 0.0193. The largest absolute Gasteiger partial charge is 0.490 e. The molecule has 6 nitrogen and oxygen atoms in total. The first-order valence-electron chi connectivity index (χ1n) is 11.0. The summed E-state index contributed by atoms with van der Waals surface area (Å²) in [6, 6.07) is 11.2. The zero-order chi connectivity index (χ0) is 23.5. The Hall–Kier alpha value is -3.26. The molecular formula is C25H26F2N2O4. The number of hydrogen-bond donors (Lipinski definition) is 2. The van der Waals surface area contributed by atoms with Gasteiger partial charge in [-0.05, 0) is 48.1 Å². The lowest BCUT2D eigenvalue weighted by Crippen LogP contribution is -2.61. The Balaban J connectivity index is 1.41. The van der Waals surface area contributed by atoms with Gasteiger partial charge in [-0.25, -0.2) is 9.18 Å². The molecule has 2 aliphatic rings. The molecule has 0 spiro atoms. The van der Waals surface area contributed by atoms with Crippen LogP contribution in [0.5, 0.6) is 5.75 Å². The van der Waals surface area contributed by atoms with Gasteiger partial charge in [0.15, 0.2) is 11.6 Å². The molecule has 2 N–H and O–H groups in total. The number of hydrogen-bond acceptors (Lipinski definition) is 4. The lowest BCUT2D eigenvalue weighted by atomic mass is 9.83. The third-order valence-electron chi connectivity index (χ3n) is 6.17. The Bertz CT molecular complexity index is 1080. The van der Waals surface area contributed by atoms with Crippen LogP contribution in [0.15, 0.2) is 48.0 Å². The number of halogens is 2. The van der Waals surface area contributed by atoms with Gasteiger partial charge in [0.25, 0.3) is 0 Å². The summed E-state index contributed by atoms with van der Waals surface area (Å²) >= 11 is 0. The molecule has 0 aliphatic carbocycles. The third-order valence-corrected chi connectivity index (χ3v) is 6.17. The van der Waals surface area contributed by atoms with E-state index in [0.717, 1.165) is 22.8 Å². The van der Waals surface area contributed by atoms with Gasteiger partial charge in [-0.2, -0.15) is 4.39 Å². The fourth-order valence-electron chi connectivity index (χ4n) is 4.55. The Kier molecular flexibility index (Phi) is 6.74. The van der Waals surface area contributed by atoms with Crippen molar-refractivity contribution in [3.8, 4) is 5.75 Å². The number of fused-ring (bicyclic) bond motifs is 2. The van der Waals surface area contributed by atoms with E-state index in [-0.39, 0.29) is 24.3 Å². The summed E-state index contributed by atoms with van der Waals surface area (Å²) in [6.07, 6.45) is 1.84. The van der Waals surface area contributed by atoms with Gasteiger partial charge < -0.3 is 20.1 Å². The van der Waals surface area contributed by atoms with Crippen molar-refractivity contribution in [1.82, 2.24) is 10.2 Å². The van der Waals surface area contributed by atoms with E-state index in [1.807, 2.05) is 24.3 Å². The highest BCUT2D eigenvalue weighted by molar-refractivity contribution is 5.98. The van der Waals surface area contributed by atoms with E-state index >= 15 is 0 Å². The second-order valence-electron chi connectivity index (χ2n) is 8.44. The summed E-state index contributed by atoms with van der Waals surface area (Å²) in [5, 5.41) is 13.2. The highest BCUT2D eigenvalue weighted by Gasteiger charge is 2.38. The smallest absolute Gasteiger partial charge is 0.333 e. The first kappa shape index (κ1) is 22.9. The van der Waals surface area contributed by atoms with Gasteiger partial charge in [0.05, 0.1) is 18.2 Å². The van der Waals surface area contributed by atoms with Crippen molar-refractivity contribution in [3.05, 3.63) is 70.8 Å². The molecule has 33 heavy (non-hydrogen) atoms. The van der Waals surface area contributed by atoms with Gasteiger partial charge in [0.1, 0.15) is 0 Å². The number of carbonyl (C=O) groups excluding carboxylic acids is 1. The van der Waals surface area contributed by atoms with Crippen molar-refractivity contribution in [2.45, 2.75) is 38.3 Å². The summed E-state index contributed by atoms with van der Waals surface area (Å²) in [6.45, 7) is 2.66. The molecule has 174 valence electrons. The number of carboxylic acid groups (broad SMARTS) is 1. The van der Waals surface area contributed by atoms with Crippen LogP contribution in [0.25, 0.3) is 5.57 Å². The Labute approximate surface area is 190 Å². The monoisotopic (exact) mass is 456 g/mol. The lowest BCUT2D eigenvalue weighted by molar-refractivity contribution is -0.135. The standard InChI is InChI=1S/C25H26F2N2O4/c1-15(30)29-13-18-12-19(23(25(31)32)21(14-29)28-18)17-9-7-16(8-10-17)4-3-11-33-22-6-2-5-20(26)24(22)27/h2,5-10,18,21,28H,3-4,11-14H2,1H3,(H,31,32). The average molecular weight is 456 g/mol. The fourth-order valence-corrected chi connectivity index (χ4v) is 4.55. The van der Waals surface area contributed by atoms with Crippen molar-refractivity contribution in [1.29, 1.82) is 0 Å². The normalized spacial score (nSPS) is 20.0. The van der Waals surface area contributed by atoms with Crippen LogP contribution in [-0.2, 0) is 16.0 Å². The number of nitrogens with zero attached hydrogens (tertiary/aromatic N) is 1. The van der Waals surface area contributed by atoms with E-state index in [1.165, 1.54) is 19.1 Å². The van der Waals surface area contributed by atoms with E-state index < -0.39 is 23.6 Å². The Morgan fingerprint density at radius 3 is 2.61 bits per heavy atom. The zero-order valence-electron chi connectivity index (χ0n) is 18.3. The molecule has 8 heteroatoms. The van der Waals surface area contributed by atoms with Crippen molar-refractivity contribution in [3.63, 3.8) is 0 Å². The van der Waals surface area contributed by atoms with Crippen LogP contribution in [0.2, 0.25) is 0 Å². The van der Waals surface area contributed by atoms with Crippen LogP contribution < -0.4 is 10.1 Å². The Morgan fingerprint density at radius 1 is 1.15 bits per heavy atom. The molecule has 1 amide bonds. The van der Waals surface area contributed by atoms with Crippen LogP contribution in [0.3, 0.4) is 0 Å². The van der Waals surface area contributed by atoms with E-state index in [2.05, 4.69) is 5.32 Å². The van der Waals surface area contributed by atoms with E-state index in [9.17, 15) is 23.5 Å². The topological polar surface area (TPSA) is 78.9 Å². The fraction of sp³-hybridized carbons (Fsp3) is 0.360. The second-order valence-corrected chi connectivity index (χ2v) is 8.44. The number of aryl methyl sites for hydroxylation is 1. The molecule has 0 aromatic heterocycles. The number of benzene rings is 2. The first-order chi connectivity index (χ1) is 15.8. The summed E-state index contributed by atoms with van der Waals surface area (Å²) in [7, 11) is 0. The molecule has 1 saturated heterocycles. The number of carbonyl (C=O) groups is 2.